The van der Waals surface area contributed by atoms with Crippen molar-refractivity contribution in [1.29, 1.82) is 0 Å². The standard InChI is InChI=1S/C9H10BF4O3S/c1-18(15,16)5-4-17-9-6-7(11)2-3-8(9)10(12,13)14/h2-3,6H,4-5H2,1H3/q-1. The summed E-state index contributed by atoms with van der Waals surface area (Å²) in [5.41, 5.74) is -1.08. The van der Waals surface area contributed by atoms with Gasteiger partial charge in [0.2, 0.25) is 0 Å². The van der Waals surface area contributed by atoms with Crippen molar-refractivity contribution in [2.24, 2.45) is 0 Å². The van der Waals surface area contributed by atoms with Gasteiger partial charge in [0.25, 0.3) is 0 Å². The second-order valence-electron chi connectivity index (χ2n) is 3.74. The van der Waals surface area contributed by atoms with E-state index in [4.69, 9.17) is 4.74 Å². The summed E-state index contributed by atoms with van der Waals surface area (Å²) in [5.74, 6) is -2.01. The Kier molecular flexibility index (Phi) is 4.26. The highest BCUT2D eigenvalue weighted by Gasteiger charge is 2.29. The third kappa shape index (κ3) is 4.56. The Labute approximate surface area is 102 Å². The van der Waals surface area contributed by atoms with Crippen molar-refractivity contribution in [1.82, 2.24) is 0 Å². The number of rotatable bonds is 5. The summed E-state index contributed by atoms with van der Waals surface area (Å²) in [6.45, 7) is -5.80. The van der Waals surface area contributed by atoms with E-state index in [2.05, 4.69) is 0 Å². The molecule has 102 valence electrons. The van der Waals surface area contributed by atoms with Crippen LogP contribution in [0.1, 0.15) is 0 Å². The van der Waals surface area contributed by atoms with E-state index in [0.29, 0.717) is 18.2 Å². The first-order chi connectivity index (χ1) is 8.09. The molecule has 0 saturated heterocycles. The van der Waals surface area contributed by atoms with E-state index in [0.717, 1.165) is 6.26 Å². The predicted molar refractivity (Wildman–Crippen MR) is 60.3 cm³/mol. The molecule has 1 aromatic carbocycles. The van der Waals surface area contributed by atoms with E-state index in [-0.39, 0.29) is 0 Å². The van der Waals surface area contributed by atoms with Gasteiger partial charge < -0.3 is 17.7 Å². The SMILES string of the molecule is CS(=O)(=O)CCOc1cc(F)ccc1[B-](F)(F)F. The average molecular weight is 285 g/mol. The van der Waals surface area contributed by atoms with E-state index in [1.807, 2.05) is 0 Å². The Morgan fingerprint density at radius 1 is 1.28 bits per heavy atom. The molecule has 0 unspecified atom stereocenters. The van der Waals surface area contributed by atoms with Gasteiger partial charge in [-0.1, -0.05) is 11.5 Å². The van der Waals surface area contributed by atoms with Crippen molar-refractivity contribution in [3.8, 4) is 5.75 Å². The molecule has 1 rings (SSSR count). The van der Waals surface area contributed by atoms with Crippen LogP contribution in [0.15, 0.2) is 18.2 Å². The van der Waals surface area contributed by atoms with Crippen LogP contribution in [0.2, 0.25) is 0 Å². The van der Waals surface area contributed by atoms with Gasteiger partial charge in [0, 0.05) is 12.3 Å². The lowest BCUT2D eigenvalue weighted by Crippen LogP contribution is -2.35. The summed E-state index contributed by atoms with van der Waals surface area (Å²) < 4.78 is 76.9. The smallest absolute Gasteiger partial charge is 0.495 e. The molecule has 0 aromatic heterocycles. The summed E-state index contributed by atoms with van der Waals surface area (Å²) in [6, 6.07) is 1.84. The first-order valence-corrected chi connectivity index (χ1v) is 6.95. The fraction of sp³-hybridized carbons (Fsp3) is 0.333. The van der Waals surface area contributed by atoms with Crippen LogP contribution in [0, 0.1) is 5.82 Å². The number of hydrogen-bond acceptors (Lipinski definition) is 3. The molecule has 0 heterocycles. The van der Waals surface area contributed by atoms with Crippen molar-refractivity contribution in [2.45, 2.75) is 0 Å². The maximum atomic E-state index is 12.8. The van der Waals surface area contributed by atoms with Gasteiger partial charge in [0.05, 0.1) is 11.5 Å². The molecule has 0 radical (unpaired) electrons. The Bertz CT molecular complexity index is 527. The zero-order valence-corrected chi connectivity index (χ0v) is 10.2. The highest BCUT2D eigenvalue weighted by molar-refractivity contribution is 7.90. The van der Waals surface area contributed by atoms with Crippen molar-refractivity contribution >= 4 is 22.3 Å². The zero-order valence-electron chi connectivity index (χ0n) is 9.37. The largest absolute Gasteiger partial charge is 0.513 e. The van der Waals surface area contributed by atoms with Crippen LogP contribution in [-0.2, 0) is 9.84 Å². The number of halogens is 4. The van der Waals surface area contributed by atoms with Gasteiger partial charge in [-0.05, 0) is 6.07 Å². The van der Waals surface area contributed by atoms with Crippen molar-refractivity contribution in [3.63, 3.8) is 0 Å². The summed E-state index contributed by atoms with van der Waals surface area (Å²) >= 11 is 0. The van der Waals surface area contributed by atoms with Crippen LogP contribution < -0.4 is 10.2 Å². The third-order valence-electron chi connectivity index (χ3n) is 2.04. The Balaban J connectivity index is 2.90. The lowest BCUT2D eigenvalue weighted by Gasteiger charge is -2.19. The van der Waals surface area contributed by atoms with Gasteiger partial charge in [0.1, 0.15) is 12.4 Å². The minimum atomic E-state index is -5.34. The molecule has 0 aliphatic rings. The number of hydrogen-bond donors (Lipinski definition) is 0. The van der Waals surface area contributed by atoms with Gasteiger partial charge in [-0.25, -0.2) is 12.8 Å². The quantitative estimate of drug-likeness (QED) is 0.605. The predicted octanol–water partition coefficient (Wildman–Crippen LogP) is 1.30. The monoisotopic (exact) mass is 285 g/mol. The molecule has 0 fully saturated rings. The molecule has 9 heteroatoms. The molecule has 0 N–H and O–H groups in total. The van der Waals surface area contributed by atoms with Crippen LogP contribution >= 0.6 is 0 Å². The minimum absolute atomic E-state index is 0.437. The van der Waals surface area contributed by atoms with Gasteiger partial charge in [-0.2, -0.15) is 0 Å². The number of ether oxygens (including phenoxy) is 1. The highest BCUT2D eigenvalue weighted by Crippen LogP contribution is 2.19. The third-order valence-corrected chi connectivity index (χ3v) is 2.95. The lowest BCUT2D eigenvalue weighted by atomic mass is 9.79. The van der Waals surface area contributed by atoms with Gasteiger partial charge >= 0.3 is 6.98 Å². The van der Waals surface area contributed by atoms with Crippen LogP contribution in [0.4, 0.5) is 17.3 Å². The maximum absolute atomic E-state index is 12.8. The molecule has 0 amide bonds. The van der Waals surface area contributed by atoms with Crippen LogP contribution in [-0.4, -0.2) is 34.0 Å². The Morgan fingerprint density at radius 2 is 1.89 bits per heavy atom. The minimum Gasteiger partial charge on any atom is -0.495 e. The Hall–Kier alpha value is -1.25. The van der Waals surface area contributed by atoms with E-state index < -0.39 is 46.2 Å². The van der Waals surface area contributed by atoms with Crippen molar-refractivity contribution in [2.75, 3.05) is 18.6 Å². The van der Waals surface area contributed by atoms with Crippen molar-refractivity contribution in [3.05, 3.63) is 24.0 Å². The van der Waals surface area contributed by atoms with Gasteiger partial charge in [-0.3, -0.25) is 0 Å². The molecule has 0 saturated carbocycles. The molecular weight excluding hydrogens is 275 g/mol. The second kappa shape index (κ2) is 5.17. The second-order valence-corrected chi connectivity index (χ2v) is 6.00. The topological polar surface area (TPSA) is 43.4 Å². The maximum Gasteiger partial charge on any atom is 0.513 e. The fourth-order valence-electron chi connectivity index (χ4n) is 1.21. The van der Waals surface area contributed by atoms with Crippen LogP contribution in [0.5, 0.6) is 5.75 Å². The normalized spacial score (nSPS) is 12.5. The molecule has 0 aliphatic heterocycles. The molecule has 3 nitrogen and oxygen atoms in total. The average Bonchev–Trinajstić information content (AvgIpc) is 2.13. The van der Waals surface area contributed by atoms with Crippen LogP contribution in [0.3, 0.4) is 0 Å². The summed E-state index contributed by atoms with van der Waals surface area (Å²) in [7, 11) is -3.35. The zero-order chi connectivity index (χ0) is 14.0. The summed E-state index contributed by atoms with van der Waals surface area (Å²) in [6.07, 6.45) is 0.927. The lowest BCUT2D eigenvalue weighted by molar-refractivity contribution is 0.339. The number of benzene rings is 1. The molecule has 1 aromatic rings. The van der Waals surface area contributed by atoms with Gasteiger partial charge in [-0.15, -0.1) is 0 Å². The van der Waals surface area contributed by atoms with Gasteiger partial charge in [0.15, 0.2) is 9.84 Å². The molecule has 0 atom stereocenters. The van der Waals surface area contributed by atoms with E-state index >= 15 is 0 Å². The highest BCUT2D eigenvalue weighted by atomic mass is 32.2. The van der Waals surface area contributed by atoms with E-state index in [1.165, 1.54) is 0 Å². The first kappa shape index (κ1) is 14.8. The molecule has 18 heavy (non-hydrogen) atoms. The molecule has 0 spiro atoms. The van der Waals surface area contributed by atoms with E-state index in [9.17, 15) is 25.8 Å². The molecule has 0 aliphatic carbocycles. The summed E-state index contributed by atoms with van der Waals surface area (Å²) in [5, 5.41) is 0. The fourth-order valence-corrected chi connectivity index (χ4v) is 1.59. The van der Waals surface area contributed by atoms with E-state index in [1.54, 1.807) is 0 Å². The summed E-state index contributed by atoms with van der Waals surface area (Å²) in [4.78, 5) is 0. The van der Waals surface area contributed by atoms with Crippen molar-refractivity contribution < 1.29 is 30.5 Å². The van der Waals surface area contributed by atoms with Crippen LogP contribution in [0.25, 0.3) is 0 Å². The first-order valence-electron chi connectivity index (χ1n) is 4.89. The molecular formula is C9H10BF4O3S-. The molecule has 0 bridgehead atoms. The Morgan fingerprint density at radius 3 is 2.39 bits per heavy atom. The number of sulfone groups is 1.